The van der Waals surface area contributed by atoms with Gasteiger partial charge in [0.15, 0.2) is 0 Å². The van der Waals surface area contributed by atoms with Crippen LogP contribution in [-0.2, 0) is 6.54 Å². The first-order valence-corrected chi connectivity index (χ1v) is 5.62. The van der Waals surface area contributed by atoms with E-state index in [9.17, 15) is 0 Å². The number of hydrogen-bond acceptors (Lipinski definition) is 4. The van der Waals surface area contributed by atoms with Gasteiger partial charge in [0.05, 0.1) is 24.3 Å². The molecule has 0 fully saturated rings. The highest BCUT2D eigenvalue weighted by Crippen LogP contribution is 2.22. The molecule has 0 aromatic carbocycles. The van der Waals surface area contributed by atoms with Crippen molar-refractivity contribution in [2.45, 2.75) is 26.5 Å². The summed E-state index contributed by atoms with van der Waals surface area (Å²) >= 11 is 0. The van der Waals surface area contributed by atoms with Crippen LogP contribution in [0.25, 0.3) is 0 Å². The van der Waals surface area contributed by atoms with Gasteiger partial charge in [-0.3, -0.25) is 0 Å². The van der Waals surface area contributed by atoms with E-state index in [-0.39, 0.29) is 6.10 Å². The number of aromatic nitrogens is 1. The molecule has 0 aliphatic rings. The van der Waals surface area contributed by atoms with Crippen molar-refractivity contribution in [1.29, 1.82) is 0 Å². The third-order valence-electron chi connectivity index (χ3n) is 2.18. The van der Waals surface area contributed by atoms with Gasteiger partial charge >= 0.3 is 0 Å². The molecule has 0 bridgehead atoms. The Morgan fingerprint density at radius 2 is 2.29 bits per heavy atom. The molecule has 4 heteroatoms. The molecule has 0 saturated carbocycles. The lowest BCUT2D eigenvalue weighted by molar-refractivity contribution is 0.234. The highest BCUT2D eigenvalue weighted by Gasteiger charge is 2.06. The van der Waals surface area contributed by atoms with Gasteiger partial charge in [-0.2, -0.15) is 0 Å². The maximum Gasteiger partial charge on any atom is 0.237 e. The molecular weight excluding hydrogens is 216 g/mol. The molecule has 0 aliphatic carbocycles. The Morgan fingerprint density at radius 3 is 3.00 bits per heavy atom. The van der Waals surface area contributed by atoms with Crippen LogP contribution in [-0.4, -0.2) is 11.1 Å². The molecule has 1 N–H and O–H groups in total. The summed E-state index contributed by atoms with van der Waals surface area (Å²) in [4.78, 5) is 4.21. The first kappa shape index (κ1) is 11.5. The molecule has 0 radical (unpaired) electrons. The zero-order chi connectivity index (χ0) is 12.1. The quantitative estimate of drug-likeness (QED) is 0.860. The fourth-order valence-electron chi connectivity index (χ4n) is 1.43. The van der Waals surface area contributed by atoms with Crippen LogP contribution < -0.4 is 10.1 Å². The molecule has 0 saturated heterocycles. The van der Waals surface area contributed by atoms with Crippen LogP contribution in [0.2, 0.25) is 0 Å². The molecule has 4 nitrogen and oxygen atoms in total. The van der Waals surface area contributed by atoms with Crippen molar-refractivity contribution in [1.82, 2.24) is 4.98 Å². The number of furan rings is 1. The van der Waals surface area contributed by atoms with Crippen molar-refractivity contribution in [3.8, 4) is 5.88 Å². The largest absolute Gasteiger partial charge is 0.473 e. The molecule has 17 heavy (non-hydrogen) atoms. The van der Waals surface area contributed by atoms with Gasteiger partial charge in [0.2, 0.25) is 5.88 Å². The summed E-state index contributed by atoms with van der Waals surface area (Å²) in [6, 6.07) is 5.75. The Bertz CT molecular complexity index is 452. The summed E-state index contributed by atoms with van der Waals surface area (Å²) in [6.45, 7) is 4.65. The maximum absolute atomic E-state index is 5.62. The minimum atomic E-state index is 0.111. The van der Waals surface area contributed by atoms with Crippen molar-refractivity contribution >= 4 is 5.69 Å². The standard InChI is InChI=1S/C13H16N2O2/c1-10(2)17-13-12(4-3-6-14-13)15-8-11-5-7-16-9-11/h3-7,9-10,15H,8H2,1-2H3. The van der Waals surface area contributed by atoms with Gasteiger partial charge in [-0.25, -0.2) is 4.98 Å². The summed E-state index contributed by atoms with van der Waals surface area (Å²) in [5.74, 6) is 0.631. The van der Waals surface area contributed by atoms with Crippen LogP contribution >= 0.6 is 0 Å². The fraction of sp³-hybridized carbons (Fsp3) is 0.308. The van der Waals surface area contributed by atoms with Crippen LogP contribution in [0.1, 0.15) is 19.4 Å². The van der Waals surface area contributed by atoms with Crippen molar-refractivity contribution in [2.75, 3.05) is 5.32 Å². The molecule has 2 aromatic rings. The monoisotopic (exact) mass is 232 g/mol. The average molecular weight is 232 g/mol. The Kier molecular flexibility index (Phi) is 3.65. The average Bonchev–Trinajstić information content (AvgIpc) is 2.80. The molecule has 0 atom stereocenters. The zero-order valence-electron chi connectivity index (χ0n) is 10.0. The summed E-state index contributed by atoms with van der Waals surface area (Å²) in [6.07, 6.45) is 5.21. The lowest BCUT2D eigenvalue weighted by atomic mass is 10.3. The van der Waals surface area contributed by atoms with Gasteiger partial charge in [-0.15, -0.1) is 0 Å². The normalized spacial score (nSPS) is 10.5. The van der Waals surface area contributed by atoms with Gasteiger partial charge in [0, 0.05) is 18.3 Å². The van der Waals surface area contributed by atoms with Gasteiger partial charge in [-0.1, -0.05) is 0 Å². The van der Waals surface area contributed by atoms with Gasteiger partial charge < -0.3 is 14.5 Å². The van der Waals surface area contributed by atoms with Gasteiger partial charge in [0.1, 0.15) is 0 Å². The smallest absolute Gasteiger partial charge is 0.237 e. The number of rotatable bonds is 5. The Hall–Kier alpha value is -1.97. The van der Waals surface area contributed by atoms with Crippen LogP contribution in [0.3, 0.4) is 0 Å². The van der Waals surface area contributed by atoms with E-state index in [1.54, 1.807) is 18.7 Å². The third-order valence-corrected chi connectivity index (χ3v) is 2.18. The second-order valence-electron chi connectivity index (χ2n) is 4.01. The minimum absolute atomic E-state index is 0.111. The Morgan fingerprint density at radius 1 is 1.41 bits per heavy atom. The predicted molar refractivity (Wildman–Crippen MR) is 66.0 cm³/mol. The second-order valence-corrected chi connectivity index (χ2v) is 4.01. The number of nitrogens with one attached hydrogen (secondary N) is 1. The molecular formula is C13H16N2O2. The molecule has 0 aliphatic heterocycles. The van der Waals surface area contributed by atoms with Gasteiger partial charge in [0.25, 0.3) is 0 Å². The third kappa shape index (κ3) is 3.24. The summed E-state index contributed by atoms with van der Waals surface area (Å²) in [5.41, 5.74) is 1.98. The van der Waals surface area contributed by atoms with E-state index in [2.05, 4.69) is 10.3 Å². The Balaban J connectivity index is 2.04. The van der Waals surface area contributed by atoms with E-state index in [1.807, 2.05) is 32.0 Å². The first-order chi connectivity index (χ1) is 8.25. The molecule has 0 unspecified atom stereocenters. The number of hydrogen-bond donors (Lipinski definition) is 1. The zero-order valence-corrected chi connectivity index (χ0v) is 10.0. The first-order valence-electron chi connectivity index (χ1n) is 5.62. The van der Waals surface area contributed by atoms with E-state index < -0.39 is 0 Å². The fourth-order valence-corrected chi connectivity index (χ4v) is 1.43. The van der Waals surface area contributed by atoms with Crippen LogP contribution in [0.5, 0.6) is 5.88 Å². The highest BCUT2D eigenvalue weighted by atomic mass is 16.5. The predicted octanol–water partition coefficient (Wildman–Crippen LogP) is 3.07. The van der Waals surface area contributed by atoms with Crippen LogP contribution in [0, 0.1) is 0 Å². The van der Waals surface area contributed by atoms with E-state index in [4.69, 9.17) is 9.15 Å². The van der Waals surface area contributed by atoms with Crippen molar-refractivity contribution in [3.63, 3.8) is 0 Å². The van der Waals surface area contributed by atoms with E-state index in [0.29, 0.717) is 12.4 Å². The van der Waals surface area contributed by atoms with Crippen LogP contribution in [0.4, 0.5) is 5.69 Å². The second kappa shape index (κ2) is 5.39. The van der Waals surface area contributed by atoms with E-state index in [0.717, 1.165) is 11.3 Å². The van der Waals surface area contributed by atoms with E-state index >= 15 is 0 Å². The Labute approximate surface area is 101 Å². The molecule has 2 heterocycles. The van der Waals surface area contributed by atoms with Crippen molar-refractivity contribution in [2.24, 2.45) is 0 Å². The lowest BCUT2D eigenvalue weighted by Crippen LogP contribution is -2.09. The summed E-state index contributed by atoms with van der Waals surface area (Å²) < 4.78 is 10.6. The highest BCUT2D eigenvalue weighted by molar-refractivity contribution is 5.52. The summed E-state index contributed by atoms with van der Waals surface area (Å²) in [7, 11) is 0. The minimum Gasteiger partial charge on any atom is -0.473 e. The SMILES string of the molecule is CC(C)Oc1ncccc1NCc1ccoc1. The topological polar surface area (TPSA) is 47.3 Å². The molecule has 2 rings (SSSR count). The number of nitrogens with zero attached hydrogens (tertiary/aromatic N) is 1. The van der Waals surface area contributed by atoms with Crippen molar-refractivity contribution in [3.05, 3.63) is 42.5 Å². The summed E-state index contributed by atoms with van der Waals surface area (Å²) in [5, 5.41) is 3.27. The lowest BCUT2D eigenvalue weighted by Gasteiger charge is -2.13. The van der Waals surface area contributed by atoms with Gasteiger partial charge in [-0.05, 0) is 32.0 Å². The number of anilines is 1. The maximum atomic E-state index is 5.62. The molecule has 0 amide bonds. The molecule has 2 aromatic heterocycles. The van der Waals surface area contributed by atoms with Crippen LogP contribution in [0.15, 0.2) is 41.3 Å². The van der Waals surface area contributed by atoms with Crippen molar-refractivity contribution < 1.29 is 9.15 Å². The number of ether oxygens (including phenoxy) is 1. The van der Waals surface area contributed by atoms with E-state index in [1.165, 1.54) is 0 Å². The molecule has 0 spiro atoms. The molecule has 90 valence electrons. The number of pyridine rings is 1.